The molecule has 3 nitrogen and oxygen atoms in total. The van der Waals surface area contributed by atoms with E-state index in [-0.39, 0.29) is 17.1 Å². The Morgan fingerprint density at radius 1 is 1.13 bits per heavy atom. The molecule has 0 aliphatic carbocycles. The van der Waals surface area contributed by atoms with Crippen LogP contribution in [0.1, 0.15) is 59.3 Å². The Morgan fingerprint density at radius 3 is 2.09 bits per heavy atom. The maximum Gasteiger partial charge on any atom is 0.196 e. The van der Waals surface area contributed by atoms with E-state index in [0.717, 1.165) is 30.4 Å². The van der Waals surface area contributed by atoms with Crippen LogP contribution >= 0.6 is 0 Å². The summed E-state index contributed by atoms with van der Waals surface area (Å²) < 4.78 is 4.25. The number of methoxy groups -OCH3 is 1. The molecule has 0 unspecified atom stereocenters. The number of unbranched alkanes of at least 4 members (excludes halogenated alkanes) is 1. The number of ketones is 2. The van der Waals surface area contributed by atoms with Crippen LogP contribution < -0.4 is 0 Å². The fraction of sp³-hybridized carbons (Fsp3) is 0.500. The monoisotopic (exact) mass is 318 g/mol. The topological polar surface area (TPSA) is 43.4 Å². The van der Waals surface area contributed by atoms with Crippen LogP contribution in [0, 0.1) is 20.8 Å². The lowest BCUT2D eigenvalue weighted by Crippen LogP contribution is -2.13. The number of ether oxygens (including phenoxy) is 1. The number of Topliss-reactive ketones (excluding diaryl/α,β-unsaturated/α-hetero) is 2. The number of hydrogen-bond acceptors (Lipinski definition) is 3. The Balaban J connectivity index is 0.00000149. The first kappa shape index (κ1) is 21.3. The summed E-state index contributed by atoms with van der Waals surface area (Å²) in [6.45, 7) is 13.2. The summed E-state index contributed by atoms with van der Waals surface area (Å²) in [6.07, 6.45) is 3.20. The van der Waals surface area contributed by atoms with E-state index in [9.17, 15) is 9.59 Å². The van der Waals surface area contributed by atoms with Crippen molar-refractivity contribution in [1.82, 2.24) is 0 Å². The van der Waals surface area contributed by atoms with Crippen LogP contribution in [-0.2, 0) is 16.0 Å². The summed E-state index contributed by atoms with van der Waals surface area (Å²) in [7, 11) is 3.25. The molecule has 0 aliphatic rings. The molecule has 3 heteroatoms. The van der Waals surface area contributed by atoms with Crippen molar-refractivity contribution in [2.24, 2.45) is 0 Å². The van der Waals surface area contributed by atoms with Crippen LogP contribution in [-0.4, -0.2) is 25.8 Å². The lowest BCUT2D eigenvalue weighted by Gasteiger charge is -2.16. The highest BCUT2D eigenvalue weighted by Crippen LogP contribution is 2.25. The Hall–Kier alpha value is -1.74. The quantitative estimate of drug-likeness (QED) is 0.334. The minimum Gasteiger partial charge on any atom is -0.388 e. The molecular weight excluding hydrogens is 288 g/mol. The zero-order valence-electron chi connectivity index (χ0n) is 15.6. The molecule has 0 fully saturated rings. The van der Waals surface area contributed by atoms with Crippen LogP contribution in [0.15, 0.2) is 18.2 Å². The Labute approximate surface area is 140 Å². The molecule has 23 heavy (non-hydrogen) atoms. The van der Waals surface area contributed by atoms with Crippen LogP contribution in [0.5, 0.6) is 0 Å². The molecule has 128 valence electrons. The van der Waals surface area contributed by atoms with Gasteiger partial charge in [-0.3, -0.25) is 9.59 Å². The van der Waals surface area contributed by atoms with Gasteiger partial charge in [0.25, 0.3) is 0 Å². The SMILES string of the molecule is C=C(C(C)=O)C(=O)c1cc(C)c(C)c(CCCC)c1C.COC. The van der Waals surface area contributed by atoms with E-state index >= 15 is 0 Å². The van der Waals surface area contributed by atoms with Gasteiger partial charge in [0.2, 0.25) is 0 Å². The number of hydrogen-bond donors (Lipinski definition) is 0. The zero-order valence-corrected chi connectivity index (χ0v) is 15.6. The number of benzene rings is 1. The van der Waals surface area contributed by atoms with Crippen molar-refractivity contribution in [3.63, 3.8) is 0 Å². The third-order valence-corrected chi connectivity index (χ3v) is 3.99. The van der Waals surface area contributed by atoms with Crippen molar-refractivity contribution in [3.8, 4) is 0 Å². The van der Waals surface area contributed by atoms with Gasteiger partial charge in [-0.25, -0.2) is 0 Å². The zero-order chi connectivity index (χ0) is 18.2. The number of aryl methyl sites for hydroxylation is 1. The molecule has 1 aromatic rings. The molecule has 0 saturated carbocycles. The fourth-order valence-electron chi connectivity index (χ4n) is 2.40. The number of rotatable bonds is 6. The molecule has 0 saturated heterocycles. The lowest BCUT2D eigenvalue weighted by molar-refractivity contribution is -0.113. The third kappa shape index (κ3) is 5.76. The predicted molar refractivity (Wildman–Crippen MR) is 96.3 cm³/mol. The summed E-state index contributed by atoms with van der Waals surface area (Å²) >= 11 is 0. The number of carbonyl (C=O) groups is 2. The van der Waals surface area contributed by atoms with Gasteiger partial charge in [-0.2, -0.15) is 0 Å². The first-order chi connectivity index (χ1) is 10.7. The van der Waals surface area contributed by atoms with Crippen LogP contribution in [0.2, 0.25) is 0 Å². The molecule has 0 bridgehead atoms. The van der Waals surface area contributed by atoms with Gasteiger partial charge < -0.3 is 4.74 Å². The van der Waals surface area contributed by atoms with E-state index in [2.05, 4.69) is 25.2 Å². The van der Waals surface area contributed by atoms with Gasteiger partial charge >= 0.3 is 0 Å². The molecule has 0 heterocycles. The maximum absolute atomic E-state index is 12.4. The van der Waals surface area contributed by atoms with Gasteiger partial charge in [-0.15, -0.1) is 0 Å². The molecule has 0 aromatic heterocycles. The van der Waals surface area contributed by atoms with E-state index in [0.29, 0.717) is 5.56 Å². The molecule has 0 N–H and O–H groups in total. The van der Waals surface area contributed by atoms with Crippen LogP contribution in [0.3, 0.4) is 0 Å². The molecule has 1 aromatic carbocycles. The highest BCUT2D eigenvalue weighted by molar-refractivity contribution is 6.25. The van der Waals surface area contributed by atoms with Gasteiger partial charge in [0.15, 0.2) is 11.6 Å². The summed E-state index contributed by atoms with van der Waals surface area (Å²) in [4.78, 5) is 23.7. The highest BCUT2D eigenvalue weighted by Gasteiger charge is 2.19. The summed E-state index contributed by atoms with van der Waals surface area (Å²) in [5.74, 6) is -0.501. The van der Waals surface area contributed by atoms with Crippen molar-refractivity contribution >= 4 is 11.6 Å². The summed E-state index contributed by atoms with van der Waals surface area (Å²) in [6, 6.07) is 1.89. The van der Waals surface area contributed by atoms with Gasteiger partial charge in [-0.1, -0.05) is 19.9 Å². The molecule has 0 spiro atoms. The Kier molecular flexibility index (Phi) is 9.35. The molecule has 0 amide bonds. The highest BCUT2D eigenvalue weighted by atomic mass is 16.4. The van der Waals surface area contributed by atoms with Crippen molar-refractivity contribution in [2.75, 3.05) is 14.2 Å². The van der Waals surface area contributed by atoms with E-state index in [1.807, 2.05) is 19.9 Å². The van der Waals surface area contributed by atoms with Gasteiger partial charge in [-0.05, 0) is 68.9 Å². The van der Waals surface area contributed by atoms with Crippen molar-refractivity contribution in [1.29, 1.82) is 0 Å². The smallest absolute Gasteiger partial charge is 0.196 e. The van der Waals surface area contributed by atoms with Gasteiger partial charge in [0.1, 0.15) is 0 Å². The molecule has 0 aliphatic heterocycles. The van der Waals surface area contributed by atoms with Gasteiger partial charge in [0, 0.05) is 19.8 Å². The molecule has 0 radical (unpaired) electrons. The Morgan fingerprint density at radius 2 is 1.65 bits per heavy atom. The fourth-order valence-corrected chi connectivity index (χ4v) is 2.40. The average Bonchev–Trinajstić information content (AvgIpc) is 2.50. The molecule has 0 atom stereocenters. The summed E-state index contributed by atoms with van der Waals surface area (Å²) in [5.41, 5.74) is 5.28. The number of allylic oxidation sites excluding steroid dienone is 1. The second-order valence-electron chi connectivity index (χ2n) is 5.85. The standard InChI is InChI=1S/C18H24O2.C2H6O/c1-7-8-9-16-12(3)11(2)10-17(14(16)5)18(20)13(4)15(6)19;1-3-2/h10H,4,7-9H2,1-3,5-6H3;1-2H3. The van der Waals surface area contributed by atoms with Crippen molar-refractivity contribution in [3.05, 3.63) is 46.0 Å². The Bertz CT molecular complexity index is 583. The van der Waals surface area contributed by atoms with Crippen molar-refractivity contribution in [2.45, 2.75) is 53.9 Å². The van der Waals surface area contributed by atoms with Crippen LogP contribution in [0.25, 0.3) is 0 Å². The molecule has 1 rings (SSSR count). The minimum atomic E-state index is -0.261. The second-order valence-corrected chi connectivity index (χ2v) is 5.85. The lowest BCUT2D eigenvalue weighted by atomic mass is 9.87. The van der Waals surface area contributed by atoms with E-state index in [1.54, 1.807) is 14.2 Å². The third-order valence-electron chi connectivity index (χ3n) is 3.99. The van der Waals surface area contributed by atoms with E-state index < -0.39 is 0 Å². The minimum absolute atomic E-state index is 0.0674. The number of carbonyl (C=O) groups excluding carboxylic acids is 2. The van der Waals surface area contributed by atoms with E-state index in [1.165, 1.54) is 18.1 Å². The summed E-state index contributed by atoms with van der Waals surface area (Å²) in [5, 5.41) is 0. The first-order valence-electron chi connectivity index (χ1n) is 7.97. The average molecular weight is 318 g/mol. The van der Waals surface area contributed by atoms with Crippen LogP contribution in [0.4, 0.5) is 0 Å². The maximum atomic E-state index is 12.4. The first-order valence-corrected chi connectivity index (χ1v) is 7.97. The molecular formula is C20H30O3. The normalized spacial score (nSPS) is 9.87. The largest absolute Gasteiger partial charge is 0.388 e. The van der Waals surface area contributed by atoms with Gasteiger partial charge in [0.05, 0.1) is 5.57 Å². The van der Waals surface area contributed by atoms with Crippen molar-refractivity contribution < 1.29 is 14.3 Å². The predicted octanol–water partition coefficient (Wildman–Crippen LogP) is 4.54. The second kappa shape index (κ2) is 10.1. The van der Waals surface area contributed by atoms with E-state index in [4.69, 9.17) is 0 Å².